The van der Waals surface area contributed by atoms with Gasteiger partial charge in [-0.25, -0.2) is 4.98 Å². The maximum Gasteiger partial charge on any atom is 0.130 e. The molecule has 0 amide bonds. The van der Waals surface area contributed by atoms with Gasteiger partial charge in [0.05, 0.1) is 29.3 Å². The summed E-state index contributed by atoms with van der Waals surface area (Å²) in [6, 6.07) is 11.5. The zero-order valence-corrected chi connectivity index (χ0v) is 11.4. The second-order valence-corrected chi connectivity index (χ2v) is 5.19. The Morgan fingerprint density at radius 1 is 1.37 bits per heavy atom. The van der Waals surface area contributed by atoms with Crippen LogP contribution in [-0.4, -0.2) is 29.3 Å². The minimum Gasteiger partial charge on any atom is -0.394 e. The number of fused-ring (bicyclic) bond motifs is 1. The van der Waals surface area contributed by atoms with Gasteiger partial charge in [0.25, 0.3) is 0 Å². The third-order valence-corrected chi connectivity index (χ3v) is 3.46. The molecule has 1 N–H and O–H groups in total. The topological polar surface area (TPSA) is 60.2 Å². The maximum atomic E-state index is 9.43. The monoisotopic (exact) mass is 255 g/mol. The van der Waals surface area contributed by atoms with Crippen molar-refractivity contribution < 1.29 is 5.11 Å². The molecule has 0 saturated heterocycles. The molecule has 1 heterocycles. The summed E-state index contributed by atoms with van der Waals surface area (Å²) in [6.45, 7) is 3.87. The Morgan fingerprint density at radius 2 is 2.05 bits per heavy atom. The first-order valence-corrected chi connectivity index (χ1v) is 6.14. The van der Waals surface area contributed by atoms with E-state index in [4.69, 9.17) is 0 Å². The van der Waals surface area contributed by atoms with Crippen LogP contribution in [0.4, 0.5) is 5.82 Å². The fourth-order valence-corrected chi connectivity index (χ4v) is 1.84. The van der Waals surface area contributed by atoms with Gasteiger partial charge in [0.15, 0.2) is 0 Å². The number of rotatable bonds is 3. The fourth-order valence-electron chi connectivity index (χ4n) is 1.84. The number of hydrogen-bond donors (Lipinski definition) is 1. The number of hydrogen-bond acceptors (Lipinski definition) is 4. The van der Waals surface area contributed by atoms with Crippen LogP contribution in [0.2, 0.25) is 0 Å². The highest BCUT2D eigenvalue weighted by Gasteiger charge is 2.24. The number of para-hydroxylation sites is 1. The molecule has 0 radical (unpaired) electrons. The number of aliphatic hydroxyl groups is 1. The fraction of sp³-hybridized carbons (Fsp3) is 0.333. The number of nitrogens with zero attached hydrogens (tertiary/aromatic N) is 3. The number of anilines is 1. The van der Waals surface area contributed by atoms with E-state index in [0.717, 1.165) is 10.9 Å². The Balaban J connectivity index is 2.61. The predicted molar refractivity (Wildman–Crippen MR) is 76.0 cm³/mol. The van der Waals surface area contributed by atoms with Crippen LogP contribution in [0.15, 0.2) is 30.3 Å². The first-order chi connectivity index (χ1) is 8.99. The number of pyridine rings is 1. The summed E-state index contributed by atoms with van der Waals surface area (Å²) >= 11 is 0. The summed E-state index contributed by atoms with van der Waals surface area (Å²) in [5.74, 6) is 0.689. The number of aliphatic hydroxyl groups excluding tert-OH is 1. The van der Waals surface area contributed by atoms with E-state index < -0.39 is 5.54 Å². The highest BCUT2D eigenvalue weighted by atomic mass is 16.3. The van der Waals surface area contributed by atoms with E-state index in [1.54, 1.807) is 6.07 Å². The summed E-state index contributed by atoms with van der Waals surface area (Å²) in [4.78, 5) is 6.45. The normalized spacial score (nSPS) is 11.3. The second kappa shape index (κ2) is 4.87. The standard InChI is InChI=1S/C15H17N3O/c1-15(2,10-19)18(3)14-8-11(9-16)12-6-4-5-7-13(12)17-14/h4-8,19H,10H2,1-3H3. The Bertz CT molecular complexity index is 643. The number of likely N-dealkylation sites (N-methyl/N-ethyl adjacent to an activating group) is 1. The van der Waals surface area contributed by atoms with E-state index in [-0.39, 0.29) is 6.61 Å². The molecule has 0 aliphatic rings. The average molecular weight is 255 g/mol. The summed E-state index contributed by atoms with van der Waals surface area (Å²) in [5.41, 5.74) is 0.959. The number of aromatic nitrogens is 1. The molecule has 0 saturated carbocycles. The van der Waals surface area contributed by atoms with Gasteiger partial charge >= 0.3 is 0 Å². The van der Waals surface area contributed by atoms with Crippen molar-refractivity contribution >= 4 is 16.7 Å². The molecule has 0 spiro atoms. The van der Waals surface area contributed by atoms with Crippen LogP contribution in [-0.2, 0) is 0 Å². The Hall–Kier alpha value is -2.12. The molecule has 1 aromatic heterocycles. The quantitative estimate of drug-likeness (QED) is 0.914. The Kier molecular flexibility index (Phi) is 3.41. The largest absolute Gasteiger partial charge is 0.394 e. The Labute approximate surface area is 112 Å². The molecule has 2 aromatic rings. The third kappa shape index (κ3) is 2.38. The van der Waals surface area contributed by atoms with Crippen molar-refractivity contribution in [2.45, 2.75) is 19.4 Å². The molecular weight excluding hydrogens is 238 g/mol. The van der Waals surface area contributed by atoms with Crippen LogP contribution < -0.4 is 4.90 Å². The van der Waals surface area contributed by atoms with Gasteiger partial charge in [-0.1, -0.05) is 18.2 Å². The first kappa shape index (κ1) is 13.3. The molecule has 0 atom stereocenters. The van der Waals surface area contributed by atoms with Crippen molar-refractivity contribution in [3.05, 3.63) is 35.9 Å². The molecule has 0 aliphatic carbocycles. The summed E-state index contributed by atoms with van der Waals surface area (Å²) in [7, 11) is 1.87. The lowest BCUT2D eigenvalue weighted by molar-refractivity contribution is 0.215. The first-order valence-electron chi connectivity index (χ1n) is 6.14. The molecular formula is C15H17N3O. The van der Waals surface area contributed by atoms with Gasteiger partial charge in [-0.15, -0.1) is 0 Å². The SMILES string of the molecule is CN(c1cc(C#N)c2ccccc2n1)C(C)(C)CO. The molecule has 0 fully saturated rings. The van der Waals surface area contributed by atoms with E-state index in [0.29, 0.717) is 11.4 Å². The van der Waals surface area contributed by atoms with Gasteiger partial charge in [0.2, 0.25) is 0 Å². The lowest BCUT2D eigenvalue weighted by atomic mass is 10.0. The smallest absolute Gasteiger partial charge is 0.130 e. The van der Waals surface area contributed by atoms with Gasteiger partial charge in [-0.2, -0.15) is 5.26 Å². The third-order valence-electron chi connectivity index (χ3n) is 3.46. The summed E-state index contributed by atoms with van der Waals surface area (Å²) in [6.07, 6.45) is 0. The molecule has 0 unspecified atom stereocenters. The van der Waals surface area contributed by atoms with Crippen molar-refractivity contribution in [2.24, 2.45) is 0 Å². The molecule has 0 aliphatic heterocycles. The van der Waals surface area contributed by atoms with Crippen molar-refractivity contribution in [2.75, 3.05) is 18.6 Å². The van der Waals surface area contributed by atoms with Crippen LogP contribution in [0.3, 0.4) is 0 Å². The van der Waals surface area contributed by atoms with Gasteiger partial charge < -0.3 is 10.0 Å². The van der Waals surface area contributed by atoms with Crippen LogP contribution in [0.25, 0.3) is 10.9 Å². The number of benzene rings is 1. The molecule has 2 rings (SSSR count). The van der Waals surface area contributed by atoms with E-state index >= 15 is 0 Å². The molecule has 1 aromatic carbocycles. The van der Waals surface area contributed by atoms with Crippen LogP contribution in [0.5, 0.6) is 0 Å². The lowest BCUT2D eigenvalue weighted by Crippen LogP contribution is -2.44. The van der Waals surface area contributed by atoms with Gasteiger partial charge in [-0.3, -0.25) is 0 Å². The minimum atomic E-state index is -0.428. The lowest BCUT2D eigenvalue weighted by Gasteiger charge is -2.35. The summed E-state index contributed by atoms with van der Waals surface area (Å²) in [5, 5.41) is 19.5. The molecule has 98 valence electrons. The van der Waals surface area contributed by atoms with E-state index in [9.17, 15) is 10.4 Å². The van der Waals surface area contributed by atoms with Gasteiger partial charge in [-0.05, 0) is 26.0 Å². The van der Waals surface area contributed by atoms with Crippen molar-refractivity contribution in [1.82, 2.24) is 4.98 Å². The van der Waals surface area contributed by atoms with E-state index in [1.165, 1.54) is 0 Å². The van der Waals surface area contributed by atoms with E-state index in [2.05, 4.69) is 11.1 Å². The maximum absolute atomic E-state index is 9.43. The zero-order chi connectivity index (χ0) is 14.0. The average Bonchev–Trinajstić information content (AvgIpc) is 2.45. The van der Waals surface area contributed by atoms with Gasteiger partial charge in [0, 0.05) is 12.4 Å². The van der Waals surface area contributed by atoms with Crippen LogP contribution in [0, 0.1) is 11.3 Å². The highest BCUT2D eigenvalue weighted by molar-refractivity contribution is 5.86. The highest BCUT2D eigenvalue weighted by Crippen LogP contribution is 2.25. The number of nitriles is 1. The minimum absolute atomic E-state index is 0.0138. The van der Waals surface area contributed by atoms with Crippen LogP contribution in [0.1, 0.15) is 19.4 Å². The molecule has 4 nitrogen and oxygen atoms in total. The Morgan fingerprint density at radius 3 is 2.68 bits per heavy atom. The van der Waals surface area contributed by atoms with Crippen molar-refractivity contribution in [1.29, 1.82) is 5.26 Å². The predicted octanol–water partition coefficient (Wildman–Crippen LogP) is 2.31. The van der Waals surface area contributed by atoms with Crippen molar-refractivity contribution in [3.8, 4) is 6.07 Å². The molecule has 19 heavy (non-hydrogen) atoms. The molecule has 0 bridgehead atoms. The molecule has 4 heteroatoms. The van der Waals surface area contributed by atoms with Crippen LogP contribution >= 0.6 is 0 Å². The van der Waals surface area contributed by atoms with Crippen molar-refractivity contribution in [3.63, 3.8) is 0 Å². The second-order valence-electron chi connectivity index (χ2n) is 5.19. The van der Waals surface area contributed by atoms with Gasteiger partial charge in [0.1, 0.15) is 5.82 Å². The summed E-state index contributed by atoms with van der Waals surface area (Å²) < 4.78 is 0. The van der Waals surface area contributed by atoms with E-state index in [1.807, 2.05) is 50.1 Å². The zero-order valence-electron chi connectivity index (χ0n) is 11.4.